The first-order valence-corrected chi connectivity index (χ1v) is 7.70. The monoisotopic (exact) mass is 277 g/mol. The zero-order valence-corrected chi connectivity index (χ0v) is 12.7. The van der Waals surface area contributed by atoms with E-state index in [2.05, 4.69) is 29.9 Å². The number of nitrogens with zero attached hydrogens (tertiary/aromatic N) is 2. The summed E-state index contributed by atoms with van der Waals surface area (Å²) in [4.78, 5) is 6.81. The third kappa shape index (κ3) is 4.01. The summed E-state index contributed by atoms with van der Waals surface area (Å²) in [5.41, 5.74) is 7.39. The lowest BCUT2D eigenvalue weighted by Crippen LogP contribution is -2.43. The van der Waals surface area contributed by atoms with Gasteiger partial charge in [0.1, 0.15) is 0 Å². The minimum absolute atomic E-state index is 0.0958. The second kappa shape index (κ2) is 7.72. The molecule has 3 unspecified atom stereocenters. The third-order valence-electron chi connectivity index (χ3n) is 4.11. The number of hydrogen-bond donors (Lipinski definition) is 1. The van der Waals surface area contributed by atoms with Crippen molar-refractivity contribution in [1.82, 2.24) is 9.88 Å². The number of pyridine rings is 1. The fourth-order valence-corrected chi connectivity index (χ4v) is 2.93. The molecule has 1 aliphatic heterocycles. The highest BCUT2D eigenvalue weighted by Gasteiger charge is 2.27. The molecule has 0 aliphatic carbocycles. The Labute approximate surface area is 122 Å². The lowest BCUT2D eigenvalue weighted by molar-refractivity contribution is -0.0107. The van der Waals surface area contributed by atoms with Gasteiger partial charge in [0.15, 0.2) is 0 Å². The van der Waals surface area contributed by atoms with Crippen molar-refractivity contribution in [2.45, 2.75) is 50.8 Å². The lowest BCUT2D eigenvalue weighted by atomic mass is 10.00. The maximum atomic E-state index is 6.33. The number of hydrogen-bond acceptors (Lipinski definition) is 4. The van der Waals surface area contributed by atoms with Crippen LogP contribution in [0.15, 0.2) is 24.4 Å². The molecule has 1 saturated heterocycles. The molecule has 0 amide bonds. The summed E-state index contributed by atoms with van der Waals surface area (Å²) in [6.07, 6.45) is 6.74. The van der Waals surface area contributed by atoms with Crippen LogP contribution in [0.4, 0.5) is 0 Å². The Morgan fingerprint density at radius 1 is 1.45 bits per heavy atom. The van der Waals surface area contributed by atoms with Crippen molar-refractivity contribution in [2.75, 3.05) is 20.2 Å². The molecule has 0 aromatic carbocycles. The van der Waals surface area contributed by atoms with Gasteiger partial charge in [-0.3, -0.25) is 9.88 Å². The molecule has 0 saturated carbocycles. The summed E-state index contributed by atoms with van der Waals surface area (Å²) in [5.74, 6) is 0. The van der Waals surface area contributed by atoms with Crippen LogP contribution in [0.3, 0.4) is 0 Å². The van der Waals surface area contributed by atoms with Crippen LogP contribution in [-0.4, -0.2) is 42.2 Å². The molecule has 1 fully saturated rings. The first-order valence-electron chi connectivity index (χ1n) is 7.70. The molecule has 2 N–H and O–H groups in total. The Kier molecular flexibility index (Phi) is 5.95. The topological polar surface area (TPSA) is 51.4 Å². The summed E-state index contributed by atoms with van der Waals surface area (Å²) in [5, 5.41) is 0. The molecular weight excluding hydrogens is 250 g/mol. The Morgan fingerprint density at radius 3 is 2.90 bits per heavy atom. The Bertz CT molecular complexity index is 379. The Hall–Kier alpha value is -0.970. The smallest absolute Gasteiger partial charge is 0.0702 e. The standard InChI is InChI=1S/C16H27N3O/c1-3-14(17)16(15-9-4-6-10-18-15)19(2)12-13-8-5-7-11-20-13/h4,6,9-10,13-14,16H,3,5,7-8,11-12,17H2,1-2H3. The lowest BCUT2D eigenvalue weighted by Gasteiger charge is -2.35. The van der Waals surface area contributed by atoms with Crippen molar-refractivity contribution in [2.24, 2.45) is 5.73 Å². The van der Waals surface area contributed by atoms with Gasteiger partial charge >= 0.3 is 0 Å². The van der Waals surface area contributed by atoms with Crippen molar-refractivity contribution in [3.63, 3.8) is 0 Å². The van der Waals surface area contributed by atoms with Crippen LogP contribution in [0.2, 0.25) is 0 Å². The van der Waals surface area contributed by atoms with Crippen molar-refractivity contribution in [1.29, 1.82) is 0 Å². The van der Waals surface area contributed by atoms with Crippen molar-refractivity contribution in [3.05, 3.63) is 30.1 Å². The van der Waals surface area contributed by atoms with Crippen LogP contribution >= 0.6 is 0 Å². The van der Waals surface area contributed by atoms with E-state index in [1.54, 1.807) is 0 Å². The van der Waals surface area contributed by atoms with E-state index in [0.717, 1.165) is 31.7 Å². The molecule has 1 aliphatic rings. The first-order chi connectivity index (χ1) is 9.72. The highest BCUT2D eigenvalue weighted by molar-refractivity contribution is 5.11. The first kappa shape index (κ1) is 15.4. The molecule has 4 heteroatoms. The van der Waals surface area contributed by atoms with Gasteiger partial charge in [0, 0.05) is 25.4 Å². The van der Waals surface area contributed by atoms with Gasteiger partial charge in [-0.25, -0.2) is 0 Å². The molecule has 0 bridgehead atoms. The SMILES string of the molecule is CCC(N)C(c1ccccn1)N(C)CC1CCCCO1. The van der Waals surface area contributed by atoms with E-state index >= 15 is 0 Å². The number of rotatable bonds is 6. The predicted molar refractivity (Wildman–Crippen MR) is 81.5 cm³/mol. The molecule has 1 aromatic rings. The fourth-order valence-electron chi connectivity index (χ4n) is 2.93. The van der Waals surface area contributed by atoms with Crippen molar-refractivity contribution >= 4 is 0 Å². The molecule has 0 spiro atoms. The van der Waals surface area contributed by atoms with Gasteiger partial charge in [-0.1, -0.05) is 13.0 Å². The maximum Gasteiger partial charge on any atom is 0.0702 e. The summed E-state index contributed by atoms with van der Waals surface area (Å²) in [6, 6.07) is 6.30. The van der Waals surface area contributed by atoms with E-state index in [1.807, 2.05) is 18.3 Å². The number of ether oxygens (including phenoxy) is 1. The van der Waals surface area contributed by atoms with E-state index in [4.69, 9.17) is 10.5 Å². The van der Waals surface area contributed by atoms with Crippen molar-refractivity contribution in [3.8, 4) is 0 Å². The van der Waals surface area contributed by atoms with E-state index in [9.17, 15) is 0 Å². The highest BCUT2D eigenvalue weighted by atomic mass is 16.5. The van der Waals surface area contributed by atoms with E-state index in [-0.39, 0.29) is 12.1 Å². The predicted octanol–water partition coefficient (Wildman–Crippen LogP) is 2.36. The second-order valence-corrected chi connectivity index (χ2v) is 5.70. The zero-order valence-electron chi connectivity index (χ0n) is 12.7. The van der Waals surface area contributed by atoms with Gasteiger partial charge in [-0.2, -0.15) is 0 Å². The number of likely N-dealkylation sites (N-methyl/N-ethyl adjacent to an activating group) is 1. The molecule has 20 heavy (non-hydrogen) atoms. The van der Waals surface area contributed by atoms with Gasteiger partial charge in [0.2, 0.25) is 0 Å². The number of aromatic nitrogens is 1. The number of nitrogens with two attached hydrogens (primary N) is 1. The quantitative estimate of drug-likeness (QED) is 0.867. The summed E-state index contributed by atoms with van der Waals surface area (Å²) in [7, 11) is 2.13. The van der Waals surface area contributed by atoms with Crippen LogP contribution in [0.5, 0.6) is 0 Å². The van der Waals surface area contributed by atoms with Crippen molar-refractivity contribution < 1.29 is 4.74 Å². The molecular formula is C16H27N3O. The minimum Gasteiger partial charge on any atom is -0.377 e. The molecule has 2 heterocycles. The van der Waals surface area contributed by atoms with Crippen LogP contribution in [0.1, 0.15) is 44.3 Å². The zero-order chi connectivity index (χ0) is 14.4. The molecule has 2 rings (SSSR count). The largest absolute Gasteiger partial charge is 0.377 e. The minimum atomic E-state index is 0.0958. The average molecular weight is 277 g/mol. The van der Waals surface area contributed by atoms with Gasteiger partial charge < -0.3 is 10.5 Å². The van der Waals surface area contributed by atoms with Gasteiger partial charge in [-0.05, 0) is 44.9 Å². The summed E-state index contributed by atoms with van der Waals surface area (Å²) < 4.78 is 5.85. The van der Waals surface area contributed by atoms with Gasteiger partial charge in [-0.15, -0.1) is 0 Å². The van der Waals surface area contributed by atoms with Gasteiger partial charge in [0.25, 0.3) is 0 Å². The van der Waals surface area contributed by atoms with Crippen LogP contribution in [0, 0.1) is 0 Å². The fraction of sp³-hybridized carbons (Fsp3) is 0.688. The highest BCUT2D eigenvalue weighted by Crippen LogP contribution is 2.24. The molecule has 1 aromatic heterocycles. The van der Waals surface area contributed by atoms with Crippen LogP contribution in [0.25, 0.3) is 0 Å². The van der Waals surface area contributed by atoms with E-state index in [0.29, 0.717) is 6.10 Å². The van der Waals surface area contributed by atoms with E-state index < -0.39 is 0 Å². The molecule has 3 atom stereocenters. The Morgan fingerprint density at radius 2 is 2.30 bits per heavy atom. The van der Waals surface area contributed by atoms with Gasteiger partial charge in [0.05, 0.1) is 17.8 Å². The molecule has 0 radical (unpaired) electrons. The molecule has 4 nitrogen and oxygen atoms in total. The Balaban J connectivity index is 2.05. The van der Waals surface area contributed by atoms with Crippen LogP contribution in [-0.2, 0) is 4.74 Å². The summed E-state index contributed by atoms with van der Waals surface area (Å²) >= 11 is 0. The molecule has 112 valence electrons. The van der Waals surface area contributed by atoms with Crippen LogP contribution < -0.4 is 5.73 Å². The second-order valence-electron chi connectivity index (χ2n) is 5.70. The third-order valence-corrected chi connectivity index (χ3v) is 4.11. The normalized spacial score (nSPS) is 22.7. The van der Waals surface area contributed by atoms with E-state index in [1.165, 1.54) is 12.8 Å². The average Bonchev–Trinajstić information content (AvgIpc) is 2.49. The summed E-state index contributed by atoms with van der Waals surface area (Å²) in [6.45, 7) is 3.95. The maximum absolute atomic E-state index is 6.33.